The number of aromatic nitrogens is 1. The number of sulfonamides is 1. The normalized spacial score (nSPS) is 13.6. The van der Waals surface area contributed by atoms with Crippen molar-refractivity contribution in [3.05, 3.63) is 32.9 Å². The van der Waals surface area contributed by atoms with Gasteiger partial charge in [0.1, 0.15) is 16.6 Å². The van der Waals surface area contributed by atoms with Gasteiger partial charge in [0.2, 0.25) is 10.0 Å². The highest BCUT2D eigenvalue weighted by Crippen LogP contribution is 2.42. The maximum atomic E-state index is 13.3. The molecule has 0 radical (unpaired) electrons. The van der Waals surface area contributed by atoms with Crippen molar-refractivity contribution >= 4 is 56.4 Å². The van der Waals surface area contributed by atoms with Crippen LogP contribution < -0.4 is 10.0 Å². The number of benzene rings is 1. The van der Waals surface area contributed by atoms with Crippen LogP contribution in [0.2, 0.25) is 10.0 Å². The van der Waals surface area contributed by atoms with Crippen LogP contribution in [0.3, 0.4) is 0 Å². The number of thiazole rings is 1. The smallest absolute Gasteiger partial charge is 0.389 e. The number of carbonyl (C=O) groups is 2. The number of nitrogens with one attached hydrogen (secondary N) is 2. The van der Waals surface area contributed by atoms with Crippen molar-refractivity contribution in [3.63, 3.8) is 0 Å². The summed E-state index contributed by atoms with van der Waals surface area (Å²) in [6, 6.07) is -0.655. The number of halogens is 8. The predicted molar refractivity (Wildman–Crippen MR) is 144 cm³/mol. The summed E-state index contributed by atoms with van der Waals surface area (Å²) < 4.78 is 104. The molecule has 0 saturated heterocycles. The van der Waals surface area contributed by atoms with Gasteiger partial charge in [-0.1, -0.05) is 29.3 Å². The lowest BCUT2D eigenvalue weighted by atomic mass is 10.1. The van der Waals surface area contributed by atoms with Crippen LogP contribution in [0.25, 0.3) is 10.4 Å². The van der Waals surface area contributed by atoms with Gasteiger partial charge in [-0.05, 0) is 33.8 Å². The predicted octanol–water partition coefficient (Wildman–Crippen LogP) is 5.26. The molecule has 2 aromatic rings. The van der Waals surface area contributed by atoms with Crippen molar-refractivity contribution in [2.75, 3.05) is 19.6 Å². The molecule has 2 rings (SSSR count). The van der Waals surface area contributed by atoms with E-state index in [1.807, 2.05) is 0 Å². The first-order valence-corrected chi connectivity index (χ1v) is 15.0. The molecule has 0 aliphatic heterocycles. The lowest BCUT2D eigenvalue weighted by Gasteiger charge is -2.21. The van der Waals surface area contributed by atoms with Crippen molar-refractivity contribution in [1.82, 2.24) is 19.9 Å². The molecule has 0 aliphatic carbocycles. The molecule has 19 heteroatoms. The van der Waals surface area contributed by atoms with E-state index in [1.165, 1.54) is 25.5 Å². The summed E-state index contributed by atoms with van der Waals surface area (Å²) >= 11 is 13.0. The van der Waals surface area contributed by atoms with Gasteiger partial charge in [-0.3, -0.25) is 9.59 Å². The topological polar surface area (TPSA) is 129 Å². The molecule has 1 atom stereocenters. The second-order valence-electron chi connectivity index (χ2n) is 9.57. The van der Waals surface area contributed by atoms with Gasteiger partial charge >= 0.3 is 12.4 Å². The fraction of sp³-hybridized carbons (Fsp3) is 0.522. The average Bonchev–Trinajstić information content (AvgIpc) is 3.27. The molecule has 0 aliphatic rings. The Kier molecular flexibility index (Phi) is 11.3. The van der Waals surface area contributed by atoms with Gasteiger partial charge in [0.25, 0.3) is 11.8 Å². The van der Waals surface area contributed by atoms with Crippen molar-refractivity contribution in [2.45, 2.75) is 63.0 Å². The fourth-order valence-corrected chi connectivity index (χ4v) is 6.37. The van der Waals surface area contributed by atoms with Crippen molar-refractivity contribution < 1.29 is 49.5 Å². The first-order chi connectivity index (χ1) is 19.0. The van der Waals surface area contributed by atoms with Gasteiger partial charge in [0.15, 0.2) is 5.01 Å². The second kappa shape index (κ2) is 13.2. The summed E-state index contributed by atoms with van der Waals surface area (Å²) in [6.45, 7) is 3.62. The first kappa shape index (κ1) is 36.0. The van der Waals surface area contributed by atoms with E-state index in [1.54, 1.807) is 0 Å². The van der Waals surface area contributed by atoms with Crippen LogP contribution in [0.1, 0.15) is 54.4 Å². The van der Waals surface area contributed by atoms with Gasteiger partial charge in [0, 0.05) is 25.2 Å². The summed E-state index contributed by atoms with van der Waals surface area (Å²) in [4.78, 5) is 29.9. The second-order valence-corrected chi connectivity index (χ2v) is 13.0. The number of hydrogen-bond donors (Lipinski definition) is 3. The Hall–Kier alpha value is -2.18. The maximum Gasteiger partial charge on any atom is 0.404 e. The third-order valence-electron chi connectivity index (χ3n) is 5.44. The molecule has 3 N–H and O–H groups in total. The molecule has 0 unspecified atom stereocenters. The Balaban J connectivity index is 2.64. The van der Waals surface area contributed by atoms with Crippen LogP contribution in [0.4, 0.5) is 26.3 Å². The van der Waals surface area contributed by atoms with E-state index < -0.39 is 79.4 Å². The monoisotopic (exact) mass is 686 g/mol. The first-order valence-electron chi connectivity index (χ1n) is 11.9. The fourth-order valence-electron chi connectivity index (χ4n) is 3.21. The van der Waals surface area contributed by atoms with Crippen molar-refractivity contribution in [3.8, 4) is 10.4 Å². The maximum absolute atomic E-state index is 13.3. The van der Waals surface area contributed by atoms with E-state index in [0.29, 0.717) is 18.3 Å². The zero-order valence-corrected chi connectivity index (χ0v) is 25.5. The summed E-state index contributed by atoms with van der Waals surface area (Å²) in [5.41, 5.74) is -2.01. The highest BCUT2D eigenvalue weighted by molar-refractivity contribution is 7.89. The van der Waals surface area contributed by atoms with Crippen molar-refractivity contribution in [1.29, 1.82) is 0 Å². The Morgan fingerprint density at radius 1 is 1.12 bits per heavy atom. The van der Waals surface area contributed by atoms with Crippen molar-refractivity contribution in [2.24, 2.45) is 0 Å². The average molecular weight is 688 g/mol. The van der Waals surface area contributed by atoms with E-state index in [2.05, 4.69) is 10.3 Å². The molecule has 0 spiro atoms. The van der Waals surface area contributed by atoms with Gasteiger partial charge in [-0.25, -0.2) is 13.4 Å². The Morgan fingerprint density at radius 2 is 1.71 bits per heavy atom. The third-order valence-corrected chi connectivity index (χ3v) is 9.11. The summed E-state index contributed by atoms with van der Waals surface area (Å²) in [7, 11) is -4.86. The molecule has 1 aromatic heterocycles. The lowest BCUT2D eigenvalue weighted by molar-refractivity contribution is -0.147. The van der Waals surface area contributed by atoms with Gasteiger partial charge in [-0.15, -0.1) is 11.3 Å². The van der Waals surface area contributed by atoms with Gasteiger partial charge < -0.3 is 15.3 Å². The quantitative estimate of drug-likeness (QED) is 0.277. The van der Waals surface area contributed by atoms with Crippen LogP contribution in [-0.4, -0.2) is 78.9 Å². The number of carbonyl (C=O) groups excluding carboxylic acids is 2. The SMILES string of the molecule is CCN(CCC(F)(F)F)C(=O)c1nc(C(=O)NCC(C)(C)O)sc1-c1ccc(S(=O)(=O)N[C@@H](C)C(F)(F)F)c(Cl)c1Cl. The summed E-state index contributed by atoms with van der Waals surface area (Å²) in [5.74, 6) is -1.87. The van der Waals surface area contributed by atoms with Crippen LogP contribution in [0.15, 0.2) is 17.0 Å². The minimum atomic E-state index is -4.92. The number of alkyl halides is 6. The molecule has 0 fully saturated rings. The molecule has 0 saturated carbocycles. The van der Waals surface area contributed by atoms with Crippen LogP contribution in [0.5, 0.6) is 0 Å². The molecular weight excluding hydrogens is 661 g/mol. The number of aliphatic hydroxyl groups is 1. The zero-order valence-electron chi connectivity index (χ0n) is 22.4. The van der Waals surface area contributed by atoms with E-state index in [4.69, 9.17) is 23.2 Å². The highest BCUT2D eigenvalue weighted by atomic mass is 35.5. The molecule has 9 nitrogen and oxygen atoms in total. The molecule has 1 aromatic carbocycles. The lowest BCUT2D eigenvalue weighted by Crippen LogP contribution is -2.43. The van der Waals surface area contributed by atoms with E-state index in [0.717, 1.165) is 17.0 Å². The third kappa shape index (κ3) is 9.41. The highest BCUT2D eigenvalue weighted by Gasteiger charge is 2.40. The van der Waals surface area contributed by atoms with Crippen LogP contribution in [0, 0.1) is 0 Å². The van der Waals surface area contributed by atoms with Crippen LogP contribution in [-0.2, 0) is 10.0 Å². The molecule has 1 heterocycles. The molecule has 2 amide bonds. The van der Waals surface area contributed by atoms with E-state index in [9.17, 15) is 49.5 Å². The molecule has 0 bridgehead atoms. The number of rotatable bonds is 11. The Morgan fingerprint density at radius 3 is 2.21 bits per heavy atom. The van der Waals surface area contributed by atoms with Crippen LogP contribution >= 0.6 is 34.5 Å². The number of nitrogens with zero attached hydrogens (tertiary/aromatic N) is 2. The molecule has 236 valence electrons. The Bertz CT molecular complexity index is 1430. The number of hydrogen-bond acceptors (Lipinski definition) is 7. The molecule has 42 heavy (non-hydrogen) atoms. The zero-order chi connectivity index (χ0) is 32.4. The molecular formula is C23H26Cl2F6N4O5S2. The minimum Gasteiger partial charge on any atom is -0.389 e. The minimum absolute atomic E-state index is 0.168. The summed E-state index contributed by atoms with van der Waals surface area (Å²) in [6.07, 6.45) is -10.8. The van der Waals surface area contributed by atoms with E-state index in [-0.39, 0.29) is 28.5 Å². The summed E-state index contributed by atoms with van der Waals surface area (Å²) in [5, 5.41) is 10.7. The largest absolute Gasteiger partial charge is 0.404 e. The number of amides is 2. The van der Waals surface area contributed by atoms with Gasteiger partial charge in [-0.2, -0.15) is 31.1 Å². The Labute approximate surface area is 251 Å². The standard InChI is InChI=1S/C23H26Cl2F6N4O5S2/c1-5-35(9-8-22(26,27)28)20(37)16-17(41-19(33-16)18(36)32-10-21(3,4)38)12-6-7-13(15(25)14(12)24)42(39,40)34-11(2)23(29,30)31/h6-7,11,34,38H,5,8-10H2,1-4H3,(H,32,36)/t11-/m0/s1. The van der Waals surface area contributed by atoms with E-state index >= 15 is 0 Å². The van der Waals surface area contributed by atoms with Gasteiger partial charge in [0.05, 0.1) is 26.9 Å².